The van der Waals surface area contributed by atoms with E-state index in [9.17, 15) is 9.50 Å². The van der Waals surface area contributed by atoms with Gasteiger partial charge in [0.15, 0.2) is 0 Å². The summed E-state index contributed by atoms with van der Waals surface area (Å²) >= 11 is 3.16. The molecule has 0 heterocycles. The number of rotatable bonds is 1. The van der Waals surface area contributed by atoms with Crippen molar-refractivity contribution in [3.05, 3.63) is 33.5 Å². The Bertz CT molecular complexity index is 358. The van der Waals surface area contributed by atoms with Gasteiger partial charge in [0.05, 0.1) is 10.1 Å². The molecule has 0 radical (unpaired) electrons. The number of halogens is 2. The molecule has 0 bridgehead atoms. The molecule has 1 aliphatic rings. The second-order valence-corrected chi connectivity index (χ2v) is 4.43. The molecular weight excluding hydrogens is 235 g/mol. The Hall–Kier alpha value is -0.410. The van der Waals surface area contributed by atoms with Crippen LogP contribution in [0.15, 0.2) is 16.6 Å². The summed E-state index contributed by atoms with van der Waals surface area (Å²) in [4.78, 5) is 0. The molecule has 1 aromatic carbocycles. The third kappa shape index (κ3) is 1.51. The van der Waals surface area contributed by atoms with E-state index < -0.39 is 5.60 Å². The topological polar surface area (TPSA) is 20.2 Å². The zero-order valence-electron chi connectivity index (χ0n) is 7.27. The van der Waals surface area contributed by atoms with Gasteiger partial charge in [-0.1, -0.05) is 6.07 Å². The van der Waals surface area contributed by atoms with E-state index in [2.05, 4.69) is 15.9 Å². The maximum Gasteiger partial charge on any atom is 0.138 e. The van der Waals surface area contributed by atoms with E-state index in [1.807, 2.05) is 13.0 Å². The third-order valence-electron chi connectivity index (χ3n) is 2.40. The maximum atomic E-state index is 13.2. The Morgan fingerprint density at radius 1 is 1.46 bits per heavy atom. The van der Waals surface area contributed by atoms with Crippen molar-refractivity contribution < 1.29 is 9.50 Å². The van der Waals surface area contributed by atoms with Gasteiger partial charge >= 0.3 is 0 Å². The van der Waals surface area contributed by atoms with Crippen LogP contribution in [0.1, 0.15) is 24.0 Å². The number of benzene rings is 1. The molecule has 0 atom stereocenters. The molecule has 1 N–H and O–H groups in total. The van der Waals surface area contributed by atoms with E-state index in [4.69, 9.17) is 0 Å². The van der Waals surface area contributed by atoms with Crippen LogP contribution in [-0.2, 0) is 5.60 Å². The molecule has 70 valence electrons. The summed E-state index contributed by atoms with van der Waals surface area (Å²) in [6, 6.07) is 3.29. The van der Waals surface area contributed by atoms with E-state index >= 15 is 0 Å². The standard InChI is InChI=1S/C10H10BrFO/c1-6-4-7(10(13)2-3-10)9(11)8(12)5-6/h4-5,13H,2-3H2,1H3. The first kappa shape index (κ1) is 9.16. The van der Waals surface area contributed by atoms with Gasteiger partial charge in [-0.05, 0) is 47.3 Å². The third-order valence-corrected chi connectivity index (χ3v) is 3.20. The number of hydrogen-bond acceptors (Lipinski definition) is 1. The van der Waals surface area contributed by atoms with Crippen molar-refractivity contribution in [3.8, 4) is 0 Å². The lowest BCUT2D eigenvalue weighted by molar-refractivity contribution is 0.150. The molecule has 1 saturated carbocycles. The van der Waals surface area contributed by atoms with Crippen LogP contribution in [0.25, 0.3) is 0 Å². The predicted molar refractivity (Wildman–Crippen MR) is 52.0 cm³/mol. The van der Waals surface area contributed by atoms with E-state index in [-0.39, 0.29) is 5.82 Å². The van der Waals surface area contributed by atoms with E-state index in [0.717, 1.165) is 18.4 Å². The maximum absolute atomic E-state index is 13.2. The largest absolute Gasteiger partial charge is 0.385 e. The van der Waals surface area contributed by atoms with Crippen LogP contribution in [0.2, 0.25) is 0 Å². The van der Waals surface area contributed by atoms with Gasteiger partial charge < -0.3 is 5.11 Å². The molecule has 1 aromatic rings. The minimum absolute atomic E-state index is 0.296. The van der Waals surface area contributed by atoms with Crippen LogP contribution >= 0.6 is 15.9 Å². The van der Waals surface area contributed by atoms with Gasteiger partial charge in [-0.2, -0.15) is 0 Å². The Kier molecular flexibility index (Phi) is 1.96. The second kappa shape index (κ2) is 2.79. The van der Waals surface area contributed by atoms with Crippen LogP contribution in [0.3, 0.4) is 0 Å². The lowest BCUT2D eigenvalue weighted by Gasteiger charge is -2.12. The molecule has 0 aliphatic heterocycles. The molecular formula is C10H10BrFO. The average molecular weight is 245 g/mol. The smallest absolute Gasteiger partial charge is 0.138 e. The fourth-order valence-corrected chi connectivity index (χ4v) is 2.05. The number of hydrogen-bond donors (Lipinski definition) is 1. The lowest BCUT2D eigenvalue weighted by Crippen LogP contribution is -2.06. The summed E-state index contributed by atoms with van der Waals surface area (Å²) in [5.74, 6) is -0.296. The molecule has 1 aliphatic carbocycles. The highest BCUT2D eigenvalue weighted by Gasteiger charge is 2.44. The van der Waals surface area contributed by atoms with Crippen molar-refractivity contribution >= 4 is 15.9 Å². The highest BCUT2D eigenvalue weighted by molar-refractivity contribution is 9.10. The molecule has 2 rings (SSSR count). The molecule has 1 nitrogen and oxygen atoms in total. The fraction of sp³-hybridized carbons (Fsp3) is 0.400. The second-order valence-electron chi connectivity index (χ2n) is 3.64. The Morgan fingerprint density at radius 2 is 2.08 bits per heavy atom. The average Bonchev–Trinajstić information content (AvgIpc) is 2.77. The molecule has 3 heteroatoms. The summed E-state index contributed by atoms with van der Waals surface area (Å²) in [6.07, 6.45) is 1.46. The normalized spacial score (nSPS) is 18.8. The SMILES string of the molecule is Cc1cc(F)c(Br)c(C2(O)CC2)c1. The zero-order valence-corrected chi connectivity index (χ0v) is 8.86. The summed E-state index contributed by atoms with van der Waals surface area (Å²) in [5.41, 5.74) is 0.757. The molecule has 0 aromatic heterocycles. The minimum Gasteiger partial charge on any atom is -0.385 e. The molecule has 0 spiro atoms. The highest BCUT2D eigenvalue weighted by atomic mass is 79.9. The Morgan fingerprint density at radius 3 is 2.62 bits per heavy atom. The monoisotopic (exact) mass is 244 g/mol. The quantitative estimate of drug-likeness (QED) is 0.806. The summed E-state index contributed by atoms with van der Waals surface area (Å²) in [5, 5.41) is 9.83. The van der Waals surface area contributed by atoms with Gasteiger partial charge in [0, 0.05) is 5.56 Å². The Balaban J connectivity index is 2.56. The van der Waals surface area contributed by atoms with Gasteiger partial charge in [-0.15, -0.1) is 0 Å². The van der Waals surface area contributed by atoms with Crippen molar-refractivity contribution in [2.45, 2.75) is 25.4 Å². The Labute approximate surface area is 84.7 Å². The van der Waals surface area contributed by atoms with Gasteiger partial charge in [0.25, 0.3) is 0 Å². The molecule has 0 unspecified atom stereocenters. The van der Waals surface area contributed by atoms with Gasteiger partial charge in [-0.3, -0.25) is 0 Å². The summed E-state index contributed by atoms with van der Waals surface area (Å²) < 4.78 is 13.6. The first-order chi connectivity index (χ1) is 6.03. The van der Waals surface area contributed by atoms with Crippen molar-refractivity contribution in [2.24, 2.45) is 0 Å². The van der Waals surface area contributed by atoms with Gasteiger partial charge in [0.2, 0.25) is 0 Å². The van der Waals surface area contributed by atoms with Crippen LogP contribution in [0, 0.1) is 12.7 Å². The zero-order chi connectivity index (χ0) is 9.64. The molecule has 0 amide bonds. The fourth-order valence-electron chi connectivity index (χ4n) is 1.45. The molecule has 0 saturated heterocycles. The molecule has 13 heavy (non-hydrogen) atoms. The van der Waals surface area contributed by atoms with Crippen LogP contribution in [-0.4, -0.2) is 5.11 Å². The van der Waals surface area contributed by atoms with Crippen molar-refractivity contribution in [1.82, 2.24) is 0 Å². The lowest BCUT2D eigenvalue weighted by atomic mass is 10.1. The van der Waals surface area contributed by atoms with Gasteiger partial charge in [-0.25, -0.2) is 4.39 Å². The number of aliphatic hydroxyl groups is 1. The highest BCUT2D eigenvalue weighted by Crippen LogP contribution is 2.48. The minimum atomic E-state index is -0.772. The first-order valence-electron chi connectivity index (χ1n) is 4.21. The predicted octanol–water partition coefficient (Wildman–Crippen LogP) is 2.88. The number of aryl methyl sites for hydroxylation is 1. The van der Waals surface area contributed by atoms with Crippen LogP contribution < -0.4 is 0 Å². The van der Waals surface area contributed by atoms with E-state index in [1.165, 1.54) is 6.07 Å². The van der Waals surface area contributed by atoms with Crippen molar-refractivity contribution in [1.29, 1.82) is 0 Å². The van der Waals surface area contributed by atoms with Gasteiger partial charge in [0.1, 0.15) is 5.82 Å². The summed E-state index contributed by atoms with van der Waals surface area (Å²) in [6.45, 7) is 1.82. The van der Waals surface area contributed by atoms with E-state index in [0.29, 0.717) is 10.0 Å². The van der Waals surface area contributed by atoms with E-state index in [1.54, 1.807) is 0 Å². The van der Waals surface area contributed by atoms with Crippen LogP contribution in [0.4, 0.5) is 4.39 Å². The van der Waals surface area contributed by atoms with Crippen LogP contribution in [0.5, 0.6) is 0 Å². The van der Waals surface area contributed by atoms with Crippen molar-refractivity contribution in [3.63, 3.8) is 0 Å². The van der Waals surface area contributed by atoms with Crippen molar-refractivity contribution in [2.75, 3.05) is 0 Å². The summed E-state index contributed by atoms with van der Waals surface area (Å²) in [7, 11) is 0. The molecule has 1 fully saturated rings. The first-order valence-corrected chi connectivity index (χ1v) is 5.01.